The molecule has 0 unspecified atom stereocenters. The number of benzene rings is 1. The SMILES string of the molecule is Cc1sc(NC(=O)c2cccc(S(=O)(=O)N3CCCCC3)c2)c(C#N)c1C. The van der Waals surface area contributed by atoms with E-state index in [1.807, 2.05) is 13.8 Å². The molecule has 2 aromatic rings. The number of hydrogen-bond donors (Lipinski definition) is 1. The monoisotopic (exact) mass is 403 g/mol. The summed E-state index contributed by atoms with van der Waals surface area (Å²) in [5.74, 6) is -0.427. The Bertz CT molecular complexity index is 1010. The van der Waals surface area contributed by atoms with Gasteiger partial charge in [0.25, 0.3) is 5.91 Å². The minimum atomic E-state index is -3.60. The molecule has 27 heavy (non-hydrogen) atoms. The number of amides is 1. The van der Waals surface area contributed by atoms with Gasteiger partial charge in [0.15, 0.2) is 0 Å². The second kappa shape index (κ2) is 7.80. The summed E-state index contributed by atoms with van der Waals surface area (Å²) in [5, 5.41) is 12.5. The predicted octanol–water partition coefficient (Wildman–Crippen LogP) is 3.66. The third-order valence-electron chi connectivity index (χ3n) is 4.77. The minimum Gasteiger partial charge on any atom is -0.312 e. The van der Waals surface area contributed by atoms with Gasteiger partial charge in [-0.1, -0.05) is 12.5 Å². The number of aryl methyl sites for hydroxylation is 1. The van der Waals surface area contributed by atoms with Crippen LogP contribution < -0.4 is 5.32 Å². The fourth-order valence-corrected chi connectivity index (χ4v) is 5.65. The molecule has 8 heteroatoms. The van der Waals surface area contributed by atoms with E-state index in [1.165, 1.54) is 27.8 Å². The lowest BCUT2D eigenvalue weighted by Gasteiger charge is -2.26. The average molecular weight is 404 g/mol. The molecule has 1 aliphatic rings. The summed E-state index contributed by atoms with van der Waals surface area (Å²) in [6.07, 6.45) is 2.75. The molecule has 0 saturated carbocycles. The first-order valence-corrected chi connectivity index (χ1v) is 11.0. The maximum Gasteiger partial charge on any atom is 0.256 e. The highest BCUT2D eigenvalue weighted by Gasteiger charge is 2.26. The van der Waals surface area contributed by atoms with E-state index < -0.39 is 15.9 Å². The van der Waals surface area contributed by atoms with E-state index in [0.717, 1.165) is 29.7 Å². The van der Waals surface area contributed by atoms with Gasteiger partial charge in [0.2, 0.25) is 10.0 Å². The van der Waals surface area contributed by atoms with Crippen LogP contribution in [0.3, 0.4) is 0 Å². The zero-order valence-electron chi connectivity index (χ0n) is 15.3. The summed E-state index contributed by atoms with van der Waals surface area (Å²) in [7, 11) is -3.60. The Morgan fingerprint density at radius 2 is 1.93 bits per heavy atom. The van der Waals surface area contributed by atoms with E-state index in [2.05, 4.69) is 11.4 Å². The maximum atomic E-state index is 12.8. The minimum absolute atomic E-state index is 0.121. The van der Waals surface area contributed by atoms with Gasteiger partial charge in [0, 0.05) is 23.5 Å². The van der Waals surface area contributed by atoms with Crippen molar-refractivity contribution < 1.29 is 13.2 Å². The molecule has 1 aromatic heterocycles. The van der Waals surface area contributed by atoms with Crippen molar-refractivity contribution in [2.75, 3.05) is 18.4 Å². The van der Waals surface area contributed by atoms with E-state index in [4.69, 9.17) is 0 Å². The number of piperidine rings is 1. The molecule has 0 radical (unpaired) electrons. The van der Waals surface area contributed by atoms with Crippen molar-refractivity contribution in [1.82, 2.24) is 4.31 Å². The summed E-state index contributed by atoms with van der Waals surface area (Å²) >= 11 is 1.34. The molecule has 0 aliphatic carbocycles. The van der Waals surface area contributed by atoms with Crippen molar-refractivity contribution in [2.24, 2.45) is 0 Å². The van der Waals surface area contributed by atoms with Gasteiger partial charge in [0.05, 0.1) is 10.5 Å². The molecule has 0 bridgehead atoms. The quantitative estimate of drug-likeness (QED) is 0.843. The normalized spacial score (nSPS) is 15.3. The third kappa shape index (κ3) is 3.90. The molecular formula is C19H21N3O3S2. The van der Waals surface area contributed by atoms with Gasteiger partial charge in [0.1, 0.15) is 11.1 Å². The Balaban J connectivity index is 1.86. The van der Waals surface area contributed by atoms with Crippen molar-refractivity contribution in [3.8, 4) is 6.07 Å². The molecule has 3 rings (SSSR count). The van der Waals surface area contributed by atoms with Crippen LogP contribution in [0.4, 0.5) is 5.00 Å². The van der Waals surface area contributed by atoms with Gasteiger partial charge in [-0.2, -0.15) is 9.57 Å². The highest BCUT2D eigenvalue weighted by molar-refractivity contribution is 7.89. The van der Waals surface area contributed by atoms with E-state index in [-0.39, 0.29) is 10.5 Å². The Kier molecular flexibility index (Phi) is 5.65. The van der Waals surface area contributed by atoms with Crippen molar-refractivity contribution in [3.63, 3.8) is 0 Å². The van der Waals surface area contributed by atoms with Crippen LogP contribution in [-0.4, -0.2) is 31.7 Å². The summed E-state index contributed by atoms with van der Waals surface area (Å²) in [6, 6.07) is 8.17. The average Bonchev–Trinajstić information content (AvgIpc) is 2.95. The fourth-order valence-electron chi connectivity index (χ4n) is 3.08. The number of rotatable bonds is 4. The third-order valence-corrected chi connectivity index (χ3v) is 7.79. The maximum absolute atomic E-state index is 12.8. The Hall–Kier alpha value is -2.21. The Labute approximate surface area is 163 Å². The Morgan fingerprint density at radius 1 is 1.22 bits per heavy atom. The van der Waals surface area contributed by atoms with Gasteiger partial charge in [-0.15, -0.1) is 11.3 Å². The first-order chi connectivity index (χ1) is 12.8. The van der Waals surface area contributed by atoms with Crippen LogP contribution in [0, 0.1) is 25.2 Å². The van der Waals surface area contributed by atoms with Crippen LogP contribution in [0.15, 0.2) is 29.2 Å². The molecule has 0 spiro atoms. The molecule has 1 aliphatic heterocycles. The lowest BCUT2D eigenvalue weighted by molar-refractivity contribution is 0.102. The van der Waals surface area contributed by atoms with E-state index in [1.54, 1.807) is 12.1 Å². The zero-order valence-corrected chi connectivity index (χ0v) is 16.9. The van der Waals surface area contributed by atoms with Crippen LogP contribution in [0.1, 0.15) is 45.6 Å². The van der Waals surface area contributed by atoms with E-state index >= 15 is 0 Å². The molecule has 1 N–H and O–H groups in total. The summed E-state index contributed by atoms with van der Waals surface area (Å²) in [5.41, 5.74) is 1.54. The van der Waals surface area contributed by atoms with Crippen molar-refractivity contribution >= 4 is 32.3 Å². The summed E-state index contributed by atoms with van der Waals surface area (Å²) in [4.78, 5) is 13.7. The van der Waals surface area contributed by atoms with Gasteiger partial charge in [-0.05, 0) is 50.5 Å². The van der Waals surface area contributed by atoms with Crippen molar-refractivity contribution in [3.05, 3.63) is 45.8 Å². The molecular weight excluding hydrogens is 382 g/mol. The number of carbonyl (C=O) groups excluding carboxylic acids is 1. The van der Waals surface area contributed by atoms with Gasteiger partial charge < -0.3 is 5.32 Å². The van der Waals surface area contributed by atoms with Gasteiger partial charge >= 0.3 is 0 Å². The zero-order chi connectivity index (χ0) is 19.6. The fraction of sp³-hybridized carbons (Fsp3) is 0.368. The number of nitrogens with zero attached hydrogens (tertiary/aromatic N) is 2. The van der Waals surface area contributed by atoms with Crippen molar-refractivity contribution in [1.29, 1.82) is 5.26 Å². The van der Waals surface area contributed by atoms with Gasteiger partial charge in [-0.25, -0.2) is 8.42 Å². The topological polar surface area (TPSA) is 90.3 Å². The van der Waals surface area contributed by atoms with Crippen LogP contribution in [-0.2, 0) is 10.0 Å². The molecule has 2 heterocycles. The summed E-state index contributed by atoms with van der Waals surface area (Å²) < 4.78 is 27.1. The number of anilines is 1. The van der Waals surface area contributed by atoms with Crippen LogP contribution >= 0.6 is 11.3 Å². The molecule has 0 atom stereocenters. The second-order valence-corrected chi connectivity index (χ2v) is 9.71. The molecule has 142 valence electrons. The molecule has 6 nitrogen and oxygen atoms in total. The first kappa shape index (κ1) is 19.5. The molecule has 1 saturated heterocycles. The van der Waals surface area contributed by atoms with Gasteiger partial charge in [-0.3, -0.25) is 4.79 Å². The largest absolute Gasteiger partial charge is 0.312 e. The number of nitriles is 1. The smallest absolute Gasteiger partial charge is 0.256 e. The van der Waals surface area contributed by atoms with Crippen molar-refractivity contribution in [2.45, 2.75) is 38.0 Å². The lowest BCUT2D eigenvalue weighted by Crippen LogP contribution is -2.35. The standard InChI is InChI=1S/C19H21N3O3S2/c1-13-14(2)26-19(17(13)12-20)21-18(23)15-7-6-8-16(11-15)27(24,25)22-9-4-3-5-10-22/h6-8,11H,3-5,9-10H2,1-2H3,(H,21,23). The number of hydrogen-bond acceptors (Lipinski definition) is 5. The summed E-state index contributed by atoms with van der Waals surface area (Å²) in [6.45, 7) is 4.75. The van der Waals surface area contributed by atoms with Crippen LogP contribution in [0.5, 0.6) is 0 Å². The number of sulfonamides is 1. The first-order valence-electron chi connectivity index (χ1n) is 8.76. The second-order valence-electron chi connectivity index (χ2n) is 6.55. The highest BCUT2D eigenvalue weighted by Crippen LogP contribution is 2.32. The number of carbonyl (C=O) groups is 1. The lowest BCUT2D eigenvalue weighted by atomic mass is 10.1. The van der Waals surface area contributed by atoms with E-state index in [9.17, 15) is 18.5 Å². The van der Waals surface area contributed by atoms with Crippen LogP contribution in [0.2, 0.25) is 0 Å². The molecule has 1 amide bonds. The number of thiophene rings is 1. The van der Waals surface area contributed by atoms with Crippen LogP contribution in [0.25, 0.3) is 0 Å². The Morgan fingerprint density at radius 3 is 2.59 bits per heavy atom. The molecule has 1 fully saturated rings. The number of nitrogens with one attached hydrogen (secondary N) is 1. The molecule has 1 aromatic carbocycles. The predicted molar refractivity (Wildman–Crippen MR) is 106 cm³/mol. The van der Waals surface area contributed by atoms with E-state index in [0.29, 0.717) is 23.7 Å². The highest BCUT2D eigenvalue weighted by atomic mass is 32.2.